The molecule has 2 heterocycles. The van der Waals surface area contributed by atoms with E-state index in [9.17, 15) is 0 Å². The molecule has 2 heteroatoms. The van der Waals surface area contributed by atoms with E-state index in [1.54, 1.807) is 0 Å². The van der Waals surface area contributed by atoms with Gasteiger partial charge in [-0.1, -0.05) is 48.6 Å². The Balaban J connectivity index is 1.86. The van der Waals surface area contributed by atoms with Gasteiger partial charge in [0, 0.05) is 27.8 Å². The highest BCUT2D eigenvalue weighted by molar-refractivity contribution is 8.04. The van der Waals surface area contributed by atoms with Gasteiger partial charge in [0.25, 0.3) is 0 Å². The SMILES string of the molecule is Cc1ccc(C)c(-c2cccc3cccnc23)c1C1=C2C=CC=C2SC1. The predicted octanol–water partition coefficient (Wildman–Crippen LogP) is 6.47. The first kappa shape index (κ1) is 15.7. The third-order valence-electron chi connectivity index (χ3n) is 5.30. The highest BCUT2D eigenvalue weighted by Crippen LogP contribution is 2.48. The minimum atomic E-state index is 1.04. The summed E-state index contributed by atoms with van der Waals surface area (Å²) in [5, 5.41) is 1.19. The van der Waals surface area contributed by atoms with E-state index in [2.05, 4.69) is 68.5 Å². The molecular weight excluding hydrogens is 334 g/mol. The number of fused-ring (bicyclic) bond motifs is 2. The molecule has 0 radical (unpaired) electrons. The molecular formula is C24H19NS. The molecule has 1 aliphatic heterocycles. The average Bonchev–Trinajstić information content (AvgIpc) is 3.27. The maximum absolute atomic E-state index is 4.72. The van der Waals surface area contributed by atoms with Crippen LogP contribution >= 0.6 is 11.8 Å². The van der Waals surface area contributed by atoms with Crippen LogP contribution in [0.3, 0.4) is 0 Å². The van der Waals surface area contributed by atoms with E-state index < -0.39 is 0 Å². The smallest absolute Gasteiger partial charge is 0.0780 e. The lowest BCUT2D eigenvalue weighted by Gasteiger charge is -2.18. The molecule has 1 nitrogen and oxygen atoms in total. The van der Waals surface area contributed by atoms with Crippen molar-refractivity contribution in [1.29, 1.82) is 0 Å². The minimum Gasteiger partial charge on any atom is -0.256 e. The third kappa shape index (κ3) is 2.29. The fourth-order valence-corrected chi connectivity index (χ4v) is 5.19. The van der Waals surface area contributed by atoms with E-state index in [0.717, 1.165) is 11.3 Å². The van der Waals surface area contributed by atoms with E-state index >= 15 is 0 Å². The summed E-state index contributed by atoms with van der Waals surface area (Å²) in [5.41, 5.74) is 10.5. The van der Waals surface area contributed by atoms with Crippen LogP contribution in [-0.2, 0) is 0 Å². The molecule has 126 valence electrons. The van der Waals surface area contributed by atoms with Crippen molar-refractivity contribution < 1.29 is 0 Å². The van der Waals surface area contributed by atoms with Crippen LogP contribution in [-0.4, -0.2) is 10.7 Å². The number of aryl methyl sites for hydroxylation is 2. The standard InChI is InChI=1S/C24H19NS/c1-15-11-12-16(2)23(20-14-26-21-10-4-8-18(20)21)22(15)19-9-3-6-17-7-5-13-25-24(17)19/h3-13H,14H2,1-2H3. The maximum atomic E-state index is 4.72. The molecule has 0 N–H and O–H groups in total. The molecule has 0 unspecified atom stereocenters. The Labute approximate surface area is 158 Å². The van der Waals surface area contributed by atoms with Crippen LogP contribution in [0.4, 0.5) is 0 Å². The highest BCUT2D eigenvalue weighted by Gasteiger charge is 2.26. The number of allylic oxidation sites excluding steroid dienone is 4. The summed E-state index contributed by atoms with van der Waals surface area (Å²) in [6.45, 7) is 4.45. The predicted molar refractivity (Wildman–Crippen MR) is 113 cm³/mol. The Morgan fingerprint density at radius 1 is 0.923 bits per heavy atom. The van der Waals surface area contributed by atoms with Crippen LogP contribution in [0.2, 0.25) is 0 Å². The molecule has 0 saturated carbocycles. The molecule has 0 amide bonds. The van der Waals surface area contributed by atoms with Gasteiger partial charge in [0.05, 0.1) is 5.52 Å². The second-order valence-corrected chi connectivity index (χ2v) is 7.92. The van der Waals surface area contributed by atoms with Crippen molar-refractivity contribution in [3.8, 4) is 11.1 Å². The van der Waals surface area contributed by atoms with Crippen molar-refractivity contribution in [3.63, 3.8) is 0 Å². The molecule has 2 aliphatic rings. The highest BCUT2D eigenvalue weighted by atomic mass is 32.2. The maximum Gasteiger partial charge on any atom is 0.0780 e. The van der Waals surface area contributed by atoms with Crippen LogP contribution in [0.25, 0.3) is 27.6 Å². The van der Waals surface area contributed by atoms with Gasteiger partial charge >= 0.3 is 0 Å². The minimum absolute atomic E-state index is 1.04. The molecule has 0 spiro atoms. The number of hydrogen-bond acceptors (Lipinski definition) is 2. The Morgan fingerprint density at radius 2 is 1.73 bits per heavy atom. The van der Waals surface area contributed by atoms with E-state index in [1.165, 1.54) is 49.3 Å². The molecule has 2 aromatic carbocycles. The average molecular weight is 353 g/mol. The molecule has 26 heavy (non-hydrogen) atoms. The first-order valence-corrected chi connectivity index (χ1v) is 9.92. The van der Waals surface area contributed by atoms with Gasteiger partial charge in [-0.15, -0.1) is 11.8 Å². The summed E-state index contributed by atoms with van der Waals surface area (Å²) >= 11 is 1.95. The molecule has 0 fully saturated rings. The fraction of sp³-hybridized carbons (Fsp3) is 0.125. The number of benzene rings is 2. The number of nitrogens with zero attached hydrogens (tertiary/aromatic N) is 1. The van der Waals surface area contributed by atoms with Gasteiger partial charge in [0.1, 0.15) is 0 Å². The van der Waals surface area contributed by atoms with E-state index in [1.807, 2.05) is 24.0 Å². The normalized spacial score (nSPS) is 15.7. The summed E-state index contributed by atoms with van der Waals surface area (Å²) in [6.07, 6.45) is 8.56. The molecule has 0 bridgehead atoms. The Bertz CT molecular complexity index is 1140. The van der Waals surface area contributed by atoms with Crippen molar-refractivity contribution in [3.05, 3.63) is 94.1 Å². The number of rotatable bonds is 2. The lowest BCUT2D eigenvalue weighted by molar-refractivity contribution is 1.34. The third-order valence-corrected chi connectivity index (χ3v) is 6.40. The van der Waals surface area contributed by atoms with Crippen LogP contribution in [0.15, 0.2) is 77.4 Å². The van der Waals surface area contributed by atoms with E-state index in [0.29, 0.717) is 0 Å². The second kappa shape index (κ2) is 6.00. The van der Waals surface area contributed by atoms with E-state index in [4.69, 9.17) is 4.98 Å². The van der Waals surface area contributed by atoms with Crippen molar-refractivity contribution in [2.45, 2.75) is 13.8 Å². The van der Waals surface area contributed by atoms with Crippen LogP contribution < -0.4 is 0 Å². The number of hydrogen-bond donors (Lipinski definition) is 0. The van der Waals surface area contributed by atoms with Gasteiger partial charge in [0.2, 0.25) is 0 Å². The van der Waals surface area contributed by atoms with Gasteiger partial charge in [-0.25, -0.2) is 0 Å². The molecule has 3 aromatic rings. The van der Waals surface area contributed by atoms with Gasteiger partial charge in [0.15, 0.2) is 0 Å². The summed E-state index contributed by atoms with van der Waals surface area (Å²) in [7, 11) is 0. The number of aromatic nitrogens is 1. The van der Waals surface area contributed by atoms with Crippen LogP contribution in [0.5, 0.6) is 0 Å². The lowest BCUT2D eigenvalue weighted by atomic mass is 9.86. The van der Waals surface area contributed by atoms with Crippen molar-refractivity contribution >= 4 is 28.2 Å². The van der Waals surface area contributed by atoms with Crippen molar-refractivity contribution in [2.75, 3.05) is 5.75 Å². The number of para-hydroxylation sites is 1. The number of pyridine rings is 1. The monoisotopic (exact) mass is 353 g/mol. The zero-order chi connectivity index (χ0) is 17.7. The number of thioether (sulfide) groups is 1. The summed E-state index contributed by atoms with van der Waals surface area (Å²) in [6, 6.07) is 15.2. The molecule has 0 saturated heterocycles. The summed E-state index contributed by atoms with van der Waals surface area (Å²) < 4.78 is 0. The first-order chi connectivity index (χ1) is 12.7. The van der Waals surface area contributed by atoms with Crippen LogP contribution in [0, 0.1) is 13.8 Å². The molecule has 0 atom stereocenters. The van der Waals surface area contributed by atoms with Crippen LogP contribution in [0.1, 0.15) is 16.7 Å². The first-order valence-electron chi connectivity index (χ1n) is 8.93. The molecule has 1 aliphatic carbocycles. The topological polar surface area (TPSA) is 12.9 Å². The van der Waals surface area contributed by atoms with Gasteiger partial charge in [-0.2, -0.15) is 0 Å². The zero-order valence-corrected chi connectivity index (χ0v) is 15.7. The summed E-state index contributed by atoms with van der Waals surface area (Å²) in [5.74, 6) is 1.04. The lowest BCUT2D eigenvalue weighted by Crippen LogP contribution is -1.99. The Kier molecular flexibility index (Phi) is 3.61. The van der Waals surface area contributed by atoms with Crippen molar-refractivity contribution in [2.24, 2.45) is 0 Å². The Morgan fingerprint density at radius 3 is 2.62 bits per heavy atom. The molecule has 5 rings (SSSR count). The Hall–Kier alpha value is -2.58. The summed E-state index contributed by atoms with van der Waals surface area (Å²) in [4.78, 5) is 6.12. The zero-order valence-electron chi connectivity index (χ0n) is 14.9. The van der Waals surface area contributed by atoms with Gasteiger partial charge in [-0.3, -0.25) is 4.98 Å². The molecule has 1 aromatic heterocycles. The quantitative estimate of drug-likeness (QED) is 0.523. The largest absolute Gasteiger partial charge is 0.256 e. The van der Waals surface area contributed by atoms with Gasteiger partial charge in [-0.05, 0) is 59.4 Å². The van der Waals surface area contributed by atoms with E-state index in [-0.39, 0.29) is 0 Å². The fourth-order valence-electron chi connectivity index (χ4n) is 4.07. The second-order valence-electron chi connectivity index (χ2n) is 6.90. The van der Waals surface area contributed by atoms with Gasteiger partial charge < -0.3 is 0 Å². The van der Waals surface area contributed by atoms with Crippen molar-refractivity contribution in [1.82, 2.24) is 4.98 Å².